The van der Waals surface area contributed by atoms with E-state index in [1.54, 1.807) is 20.8 Å². The molecule has 0 heterocycles. The van der Waals surface area contributed by atoms with Crippen LogP contribution in [0.15, 0.2) is 0 Å². The summed E-state index contributed by atoms with van der Waals surface area (Å²) >= 11 is 0. The van der Waals surface area contributed by atoms with Crippen LogP contribution in [-0.4, -0.2) is 25.5 Å². The van der Waals surface area contributed by atoms with Crippen molar-refractivity contribution in [2.45, 2.75) is 72.0 Å². The van der Waals surface area contributed by atoms with E-state index in [-0.39, 0.29) is 0 Å². The molecule has 1 aliphatic carbocycles. The van der Waals surface area contributed by atoms with Crippen LogP contribution in [0, 0.1) is 23.2 Å². The fourth-order valence-electron chi connectivity index (χ4n) is 3.39. The van der Waals surface area contributed by atoms with Gasteiger partial charge >= 0.3 is 0 Å². The van der Waals surface area contributed by atoms with Gasteiger partial charge in [0.2, 0.25) is 0 Å². The van der Waals surface area contributed by atoms with Gasteiger partial charge in [-0.1, -0.05) is 20.8 Å². The summed E-state index contributed by atoms with van der Waals surface area (Å²) in [6, 6.07) is 0. The quantitative estimate of drug-likeness (QED) is 0.861. The van der Waals surface area contributed by atoms with E-state index in [2.05, 4.69) is 20.8 Å². The zero-order chi connectivity index (χ0) is 16.5. The molecule has 3 nitrogen and oxygen atoms in total. The summed E-state index contributed by atoms with van der Waals surface area (Å²) in [6.07, 6.45) is 4.28. The first kappa shape index (κ1) is 19.0. The Balaban J connectivity index is 2.74. The molecule has 21 heavy (non-hydrogen) atoms. The maximum absolute atomic E-state index is 12.3. The molecule has 1 rings (SSSR count). The average molecular weight is 318 g/mol. The largest absolute Gasteiger partial charge is 0.330 e. The van der Waals surface area contributed by atoms with Gasteiger partial charge in [0.15, 0.2) is 9.84 Å². The van der Waals surface area contributed by atoms with Crippen LogP contribution in [-0.2, 0) is 9.84 Å². The van der Waals surface area contributed by atoms with Gasteiger partial charge in [-0.2, -0.15) is 0 Å². The van der Waals surface area contributed by atoms with Crippen LogP contribution in [0.1, 0.15) is 67.2 Å². The van der Waals surface area contributed by atoms with E-state index in [1.807, 2.05) is 0 Å². The van der Waals surface area contributed by atoms with Crippen molar-refractivity contribution in [1.82, 2.24) is 0 Å². The molecule has 0 aromatic carbocycles. The summed E-state index contributed by atoms with van der Waals surface area (Å²) < 4.78 is 24.0. The number of sulfone groups is 1. The van der Waals surface area contributed by atoms with Crippen molar-refractivity contribution in [2.24, 2.45) is 28.9 Å². The molecule has 3 atom stereocenters. The number of hydrogen-bond acceptors (Lipinski definition) is 3. The second-order valence-corrected chi connectivity index (χ2v) is 11.7. The van der Waals surface area contributed by atoms with Gasteiger partial charge in [0.05, 0.1) is 10.5 Å². The van der Waals surface area contributed by atoms with Crippen LogP contribution in [0.2, 0.25) is 0 Å². The van der Waals surface area contributed by atoms with Gasteiger partial charge in [0.1, 0.15) is 0 Å². The van der Waals surface area contributed by atoms with E-state index in [1.165, 1.54) is 6.42 Å². The first-order chi connectivity index (χ1) is 9.38. The maximum atomic E-state index is 12.3. The highest BCUT2D eigenvalue weighted by molar-refractivity contribution is 7.92. The molecule has 126 valence electrons. The third-order valence-electron chi connectivity index (χ3n) is 5.36. The molecule has 0 aliphatic heterocycles. The van der Waals surface area contributed by atoms with Crippen molar-refractivity contribution >= 4 is 9.84 Å². The Morgan fingerprint density at radius 1 is 1.00 bits per heavy atom. The third-order valence-corrected chi connectivity index (χ3v) is 8.00. The van der Waals surface area contributed by atoms with Crippen LogP contribution >= 0.6 is 0 Å². The van der Waals surface area contributed by atoms with E-state index in [0.29, 0.717) is 35.5 Å². The molecular weight excluding hydrogens is 282 g/mol. The lowest BCUT2D eigenvalue weighted by Gasteiger charge is -2.42. The molecule has 2 N–H and O–H groups in total. The molecule has 3 unspecified atom stereocenters. The summed E-state index contributed by atoms with van der Waals surface area (Å²) in [6.45, 7) is 13.0. The van der Waals surface area contributed by atoms with E-state index >= 15 is 0 Å². The summed E-state index contributed by atoms with van der Waals surface area (Å²) in [4.78, 5) is 0. The smallest absolute Gasteiger partial charge is 0.155 e. The van der Waals surface area contributed by atoms with Gasteiger partial charge < -0.3 is 5.73 Å². The van der Waals surface area contributed by atoms with E-state index in [4.69, 9.17) is 5.73 Å². The molecule has 0 amide bonds. The van der Waals surface area contributed by atoms with Gasteiger partial charge in [-0.3, -0.25) is 0 Å². The highest BCUT2D eigenvalue weighted by Gasteiger charge is 2.37. The molecule has 4 heteroatoms. The lowest BCUT2D eigenvalue weighted by Crippen LogP contribution is -2.37. The molecule has 1 fully saturated rings. The van der Waals surface area contributed by atoms with Crippen molar-refractivity contribution in [1.29, 1.82) is 0 Å². The third kappa shape index (κ3) is 4.95. The van der Waals surface area contributed by atoms with Crippen molar-refractivity contribution in [3.63, 3.8) is 0 Å². The number of hydrogen-bond donors (Lipinski definition) is 1. The van der Waals surface area contributed by atoms with Crippen LogP contribution < -0.4 is 5.73 Å². The summed E-state index contributed by atoms with van der Waals surface area (Å²) in [5.74, 6) is 1.95. The second kappa shape index (κ2) is 6.57. The van der Waals surface area contributed by atoms with Crippen LogP contribution in [0.5, 0.6) is 0 Å². The van der Waals surface area contributed by atoms with E-state index < -0.39 is 14.6 Å². The molecule has 0 saturated heterocycles. The standard InChI is InChI=1S/C17H35NO2S/c1-16(2,3)15-8-7-14(12-18)13(11-15)9-10-21(19,20)17(4,5)6/h13-15H,7-12,18H2,1-6H3. The van der Waals surface area contributed by atoms with Gasteiger partial charge in [0.25, 0.3) is 0 Å². The Morgan fingerprint density at radius 2 is 1.57 bits per heavy atom. The summed E-state index contributed by atoms with van der Waals surface area (Å²) in [5.41, 5.74) is 6.23. The minimum atomic E-state index is -3.02. The summed E-state index contributed by atoms with van der Waals surface area (Å²) in [5, 5.41) is 0. The van der Waals surface area contributed by atoms with E-state index in [9.17, 15) is 8.42 Å². The minimum Gasteiger partial charge on any atom is -0.330 e. The zero-order valence-corrected chi connectivity index (χ0v) is 15.6. The maximum Gasteiger partial charge on any atom is 0.155 e. The molecule has 0 aromatic rings. The molecule has 0 aromatic heterocycles. The highest BCUT2D eigenvalue weighted by atomic mass is 32.2. The normalized spacial score (nSPS) is 28.6. The lowest BCUT2D eigenvalue weighted by atomic mass is 9.65. The molecule has 1 saturated carbocycles. The second-order valence-electron chi connectivity index (χ2n) is 8.85. The predicted octanol–water partition coefficient (Wildman–Crippen LogP) is 3.63. The molecular formula is C17H35NO2S. The predicted molar refractivity (Wildman–Crippen MR) is 91.0 cm³/mol. The van der Waals surface area contributed by atoms with Crippen LogP contribution in [0.3, 0.4) is 0 Å². The van der Waals surface area contributed by atoms with Crippen LogP contribution in [0.4, 0.5) is 0 Å². The van der Waals surface area contributed by atoms with Crippen LogP contribution in [0.25, 0.3) is 0 Å². The molecule has 1 aliphatic rings. The van der Waals surface area contributed by atoms with Gasteiger partial charge in [-0.25, -0.2) is 8.42 Å². The summed E-state index contributed by atoms with van der Waals surface area (Å²) in [7, 11) is -3.02. The zero-order valence-electron chi connectivity index (χ0n) is 14.8. The Kier molecular flexibility index (Phi) is 5.93. The minimum absolute atomic E-state index is 0.300. The SMILES string of the molecule is CC(C)(C)C1CCC(CN)C(CCS(=O)(=O)C(C)(C)C)C1. The van der Waals surface area contributed by atoms with Crippen molar-refractivity contribution in [3.05, 3.63) is 0 Å². The fourth-order valence-corrected chi connectivity index (χ4v) is 4.62. The Morgan fingerprint density at radius 3 is 2.00 bits per heavy atom. The van der Waals surface area contributed by atoms with Gasteiger partial charge in [0, 0.05) is 0 Å². The highest BCUT2D eigenvalue weighted by Crippen LogP contribution is 2.43. The van der Waals surface area contributed by atoms with Crippen molar-refractivity contribution in [2.75, 3.05) is 12.3 Å². The molecule has 0 spiro atoms. The topological polar surface area (TPSA) is 60.2 Å². The average Bonchev–Trinajstić information content (AvgIpc) is 2.33. The number of nitrogens with two attached hydrogens (primary N) is 1. The Labute approximate surface area is 132 Å². The van der Waals surface area contributed by atoms with Crippen molar-refractivity contribution in [3.8, 4) is 0 Å². The first-order valence-corrected chi connectivity index (χ1v) is 9.96. The van der Waals surface area contributed by atoms with Gasteiger partial charge in [-0.05, 0) is 76.2 Å². The lowest BCUT2D eigenvalue weighted by molar-refractivity contribution is 0.0993. The monoisotopic (exact) mass is 317 g/mol. The fraction of sp³-hybridized carbons (Fsp3) is 1.00. The Bertz CT molecular complexity index is 429. The molecule has 0 bridgehead atoms. The number of rotatable bonds is 4. The van der Waals surface area contributed by atoms with Crippen molar-refractivity contribution < 1.29 is 8.42 Å². The molecule has 0 radical (unpaired) electrons. The Hall–Kier alpha value is -0.0900. The first-order valence-electron chi connectivity index (χ1n) is 8.31. The van der Waals surface area contributed by atoms with E-state index in [0.717, 1.165) is 19.3 Å². The van der Waals surface area contributed by atoms with Gasteiger partial charge in [-0.15, -0.1) is 0 Å².